The van der Waals surface area contributed by atoms with Gasteiger partial charge in [-0.15, -0.1) is 0 Å². The lowest BCUT2D eigenvalue weighted by Gasteiger charge is -2.38. The highest BCUT2D eigenvalue weighted by molar-refractivity contribution is 5.80. The van der Waals surface area contributed by atoms with E-state index in [1.807, 2.05) is 34.1 Å². The van der Waals surface area contributed by atoms with Crippen molar-refractivity contribution in [1.29, 1.82) is 5.26 Å². The van der Waals surface area contributed by atoms with E-state index in [0.717, 1.165) is 44.6 Å². The second-order valence-electron chi connectivity index (χ2n) is 7.41. The number of hydrogen-bond acceptors (Lipinski definition) is 5. The Balaban J connectivity index is 1.50. The van der Waals surface area contributed by atoms with E-state index in [4.69, 9.17) is 5.73 Å². The van der Waals surface area contributed by atoms with Gasteiger partial charge >= 0.3 is 0 Å². The van der Waals surface area contributed by atoms with Crippen LogP contribution in [-0.4, -0.2) is 72.3 Å². The van der Waals surface area contributed by atoms with Crippen molar-refractivity contribution < 1.29 is 9.59 Å². The Bertz CT molecular complexity index is 721. The second kappa shape index (κ2) is 8.98. The van der Waals surface area contributed by atoms with Crippen LogP contribution in [-0.2, 0) is 16.1 Å². The number of hydrogen-bond donors (Lipinski definition) is 1. The zero-order chi connectivity index (χ0) is 19.2. The lowest BCUT2D eigenvalue weighted by atomic mass is 9.96. The number of amides is 2. The molecule has 2 aliphatic rings. The Kier molecular flexibility index (Phi) is 6.43. The Morgan fingerprint density at radius 2 is 1.85 bits per heavy atom. The number of piperazine rings is 1. The molecule has 0 spiro atoms. The van der Waals surface area contributed by atoms with Crippen molar-refractivity contribution in [2.75, 3.05) is 45.8 Å². The Morgan fingerprint density at radius 1 is 1.11 bits per heavy atom. The van der Waals surface area contributed by atoms with Gasteiger partial charge in [-0.25, -0.2) is 0 Å². The smallest absolute Gasteiger partial charge is 0.231 e. The summed E-state index contributed by atoms with van der Waals surface area (Å²) in [6.45, 7) is 5.46. The van der Waals surface area contributed by atoms with Crippen LogP contribution in [0, 0.1) is 17.2 Å². The summed E-state index contributed by atoms with van der Waals surface area (Å²) >= 11 is 0. The molecule has 2 aliphatic heterocycles. The van der Waals surface area contributed by atoms with Gasteiger partial charge in [-0.05, 0) is 31.0 Å². The van der Waals surface area contributed by atoms with E-state index in [2.05, 4.69) is 11.0 Å². The summed E-state index contributed by atoms with van der Waals surface area (Å²) in [5.41, 5.74) is 7.04. The molecule has 1 unspecified atom stereocenters. The summed E-state index contributed by atoms with van der Waals surface area (Å²) in [6, 6.07) is 9.91. The van der Waals surface area contributed by atoms with E-state index in [0.29, 0.717) is 25.2 Å². The van der Waals surface area contributed by atoms with Crippen LogP contribution in [0.4, 0.5) is 0 Å². The standard InChI is InChI=1S/C20H27N5O2/c21-12-16-4-1-2-5-17(16)13-23-8-10-25(11-9-23)20(27)18-6-3-7-24(14-18)15-19(22)26/h1-2,4-5,18H,3,6-11,13-15H2,(H2,22,26). The van der Waals surface area contributed by atoms with E-state index in [-0.39, 0.29) is 24.3 Å². The van der Waals surface area contributed by atoms with Gasteiger partial charge in [-0.1, -0.05) is 18.2 Å². The number of nitrogens with zero attached hydrogens (tertiary/aromatic N) is 4. The minimum absolute atomic E-state index is 0.0380. The zero-order valence-electron chi connectivity index (χ0n) is 15.6. The number of likely N-dealkylation sites (tertiary alicyclic amines) is 1. The van der Waals surface area contributed by atoms with Crippen molar-refractivity contribution in [3.63, 3.8) is 0 Å². The topological polar surface area (TPSA) is 93.7 Å². The summed E-state index contributed by atoms with van der Waals surface area (Å²) in [4.78, 5) is 30.2. The third kappa shape index (κ3) is 5.06. The maximum Gasteiger partial charge on any atom is 0.231 e. The molecule has 1 aromatic carbocycles. The van der Waals surface area contributed by atoms with Crippen molar-refractivity contribution in [2.45, 2.75) is 19.4 Å². The minimum Gasteiger partial charge on any atom is -0.369 e. The monoisotopic (exact) mass is 369 g/mol. The SMILES string of the molecule is N#Cc1ccccc1CN1CCN(C(=O)C2CCCN(CC(N)=O)C2)CC1. The van der Waals surface area contributed by atoms with Crippen molar-refractivity contribution >= 4 is 11.8 Å². The number of nitrogens with two attached hydrogens (primary N) is 1. The number of primary amides is 1. The molecule has 3 rings (SSSR count). The minimum atomic E-state index is -0.339. The van der Waals surface area contributed by atoms with Crippen LogP contribution in [0.1, 0.15) is 24.0 Å². The van der Waals surface area contributed by atoms with E-state index in [1.165, 1.54) is 0 Å². The van der Waals surface area contributed by atoms with Crippen molar-refractivity contribution in [1.82, 2.24) is 14.7 Å². The molecule has 144 valence electrons. The summed E-state index contributed by atoms with van der Waals surface area (Å²) in [7, 11) is 0. The van der Waals surface area contributed by atoms with Gasteiger partial charge in [0.15, 0.2) is 0 Å². The lowest BCUT2D eigenvalue weighted by Crippen LogP contribution is -2.52. The average molecular weight is 369 g/mol. The fourth-order valence-corrected chi connectivity index (χ4v) is 4.01. The first-order valence-corrected chi connectivity index (χ1v) is 9.56. The third-order valence-corrected chi connectivity index (χ3v) is 5.45. The van der Waals surface area contributed by atoms with Crippen molar-refractivity contribution in [3.8, 4) is 6.07 Å². The highest BCUT2D eigenvalue weighted by Crippen LogP contribution is 2.20. The fraction of sp³-hybridized carbons (Fsp3) is 0.550. The first kappa shape index (κ1) is 19.3. The van der Waals surface area contributed by atoms with Gasteiger partial charge in [0.05, 0.1) is 24.1 Å². The van der Waals surface area contributed by atoms with E-state index >= 15 is 0 Å². The first-order valence-electron chi connectivity index (χ1n) is 9.56. The Morgan fingerprint density at radius 3 is 2.56 bits per heavy atom. The molecule has 0 radical (unpaired) electrons. The molecular formula is C20H27N5O2. The van der Waals surface area contributed by atoms with Crippen molar-refractivity contribution in [2.24, 2.45) is 11.7 Å². The van der Waals surface area contributed by atoms with Gasteiger partial charge in [0.2, 0.25) is 11.8 Å². The van der Waals surface area contributed by atoms with Crippen LogP contribution in [0.2, 0.25) is 0 Å². The van der Waals surface area contributed by atoms with E-state index < -0.39 is 0 Å². The molecule has 27 heavy (non-hydrogen) atoms. The van der Waals surface area contributed by atoms with Crippen LogP contribution in [0.15, 0.2) is 24.3 Å². The molecule has 0 bridgehead atoms. The van der Waals surface area contributed by atoms with E-state index in [9.17, 15) is 14.9 Å². The predicted molar refractivity (Wildman–Crippen MR) is 101 cm³/mol. The number of carbonyl (C=O) groups excluding carboxylic acids is 2. The highest BCUT2D eigenvalue weighted by atomic mass is 16.2. The zero-order valence-corrected chi connectivity index (χ0v) is 15.6. The van der Waals surface area contributed by atoms with Crippen LogP contribution in [0.3, 0.4) is 0 Å². The van der Waals surface area contributed by atoms with Crippen LogP contribution >= 0.6 is 0 Å². The molecule has 0 saturated carbocycles. The molecule has 7 heteroatoms. The van der Waals surface area contributed by atoms with Crippen LogP contribution < -0.4 is 5.73 Å². The summed E-state index contributed by atoms with van der Waals surface area (Å²) in [5, 5.41) is 9.23. The van der Waals surface area contributed by atoms with Gasteiger partial charge < -0.3 is 10.6 Å². The molecule has 1 aromatic rings. The van der Waals surface area contributed by atoms with Gasteiger partial charge in [-0.2, -0.15) is 5.26 Å². The number of benzene rings is 1. The molecular weight excluding hydrogens is 342 g/mol. The molecule has 1 atom stereocenters. The normalized spacial score (nSPS) is 21.6. The average Bonchev–Trinajstić information content (AvgIpc) is 2.68. The molecule has 2 amide bonds. The maximum absolute atomic E-state index is 12.9. The van der Waals surface area contributed by atoms with Crippen molar-refractivity contribution in [3.05, 3.63) is 35.4 Å². The molecule has 7 nitrogen and oxygen atoms in total. The number of rotatable bonds is 5. The fourth-order valence-electron chi connectivity index (χ4n) is 4.01. The van der Waals surface area contributed by atoms with Gasteiger partial charge in [0.25, 0.3) is 0 Å². The summed E-state index contributed by atoms with van der Waals surface area (Å²) < 4.78 is 0. The molecule has 2 fully saturated rings. The molecule has 2 heterocycles. The largest absolute Gasteiger partial charge is 0.369 e. The second-order valence-corrected chi connectivity index (χ2v) is 7.41. The first-order chi connectivity index (χ1) is 13.1. The number of carbonyl (C=O) groups is 2. The maximum atomic E-state index is 12.9. The number of nitriles is 1. The molecule has 2 saturated heterocycles. The predicted octanol–water partition coefficient (Wildman–Crippen LogP) is 0.400. The van der Waals surface area contributed by atoms with Crippen LogP contribution in [0.5, 0.6) is 0 Å². The van der Waals surface area contributed by atoms with Crippen LogP contribution in [0.25, 0.3) is 0 Å². The number of piperidine rings is 1. The molecule has 0 aromatic heterocycles. The highest BCUT2D eigenvalue weighted by Gasteiger charge is 2.31. The Hall–Kier alpha value is -2.43. The van der Waals surface area contributed by atoms with E-state index in [1.54, 1.807) is 0 Å². The van der Waals surface area contributed by atoms with Gasteiger partial charge in [0.1, 0.15) is 0 Å². The molecule has 2 N–H and O–H groups in total. The van der Waals surface area contributed by atoms with Gasteiger partial charge in [-0.3, -0.25) is 19.4 Å². The van der Waals surface area contributed by atoms with Gasteiger partial charge in [0, 0.05) is 39.3 Å². The molecule has 0 aliphatic carbocycles. The summed E-state index contributed by atoms with van der Waals surface area (Å²) in [6.07, 6.45) is 1.80. The quantitative estimate of drug-likeness (QED) is 0.811. The Labute approximate surface area is 160 Å². The lowest BCUT2D eigenvalue weighted by molar-refractivity contribution is -0.139. The summed E-state index contributed by atoms with van der Waals surface area (Å²) in [5.74, 6) is -0.181. The third-order valence-electron chi connectivity index (χ3n) is 5.45.